The fourth-order valence-corrected chi connectivity index (χ4v) is 4.99. The Balaban J connectivity index is 1.07. The normalized spacial score (nSPS) is 16.5. The van der Waals surface area contributed by atoms with Crippen LogP contribution in [0.25, 0.3) is 17.0 Å². The van der Waals surface area contributed by atoms with Gasteiger partial charge in [0.05, 0.1) is 18.1 Å². The number of hydrogen-bond donors (Lipinski definition) is 0. The molecule has 12 heteroatoms. The van der Waals surface area contributed by atoms with E-state index in [9.17, 15) is 4.79 Å². The maximum absolute atomic E-state index is 12.7. The SMILES string of the molecule is CN(Cc1cc2c(cn1)OCCO2)C1CCN(CCn2c(=O)cnc3ccc(-n4cncn4)nc32)CC1. The van der Waals surface area contributed by atoms with Crippen molar-refractivity contribution in [3.63, 3.8) is 0 Å². The van der Waals surface area contributed by atoms with E-state index in [0.29, 0.717) is 42.8 Å². The highest BCUT2D eigenvalue weighted by molar-refractivity contribution is 5.71. The Bertz CT molecular complexity index is 1430. The zero-order valence-electron chi connectivity index (χ0n) is 20.7. The van der Waals surface area contributed by atoms with E-state index in [1.54, 1.807) is 21.8 Å². The Labute approximate surface area is 213 Å². The van der Waals surface area contributed by atoms with E-state index in [1.807, 2.05) is 18.2 Å². The van der Waals surface area contributed by atoms with Gasteiger partial charge in [-0.25, -0.2) is 19.6 Å². The number of rotatable bonds is 7. The lowest BCUT2D eigenvalue weighted by molar-refractivity contribution is 0.119. The molecular weight excluding hydrogens is 474 g/mol. The number of ether oxygens (including phenoxy) is 2. The van der Waals surface area contributed by atoms with Gasteiger partial charge in [0, 0.05) is 31.7 Å². The number of hydrogen-bond acceptors (Lipinski definition) is 10. The first-order valence-corrected chi connectivity index (χ1v) is 12.5. The standard InChI is InChI=1S/C25H29N9O3/c1-31(15-18-12-21-22(13-27-18)37-11-10-36-21)19-4-6-32(7-5-19)8-9-33-24(35)14-28-20-2-3-23(30-25(20)33)34-17-26-16-29-34/h2-3,12-14,16-17,19H,4-11,15H2,1H3. The first kappa shape index (κ1) is 23.5. The third-order valence-corrected chi connectivity index (χ3v) is 7.05. The number of aromatic nitrogens is 7. The van der Waals surface area contributed by atoms with Gasteiger partial charge in [-0.2, -0.15) is 5.10 Å². The molecule has 0 saturated carbocycles. The molecule has 4 aromatic rings. The van der Waals surface area contributed by atoms with E-state index in [4.69, 9.17) is 9.47 Å². The molecule has 0 aliphatic carbocycles. The Kier molecular flexibility index (Phi) is 6.49. The predicted molar refractivity (Wildman–Crippen MR) is 135 cm³/mol. The Hall–Kier alpha value is -3.90. The molecule has 12 nitrogen and oxygen atoms in total. The molecule has 0 unspecified atom stereocenters. The van der Waals surface area contributed by atoms with Gasteiger partial charge in [0.15, 0.2) is 23.0 Å². The molecule has 2 aliphatic heterocycles. The quantitative estimate of drug-likeness (QED) is 0.363. The van der Waals surface area contributed by atoms with Gasteiger partial charge in [0.25, 0.3) is 5.56 Å². The highest BCUT2D eigenvalue weighted by Gasteiger charge is 2.23. The van der Waals surface area contributed by atoms with Crippen molar-refractivity contribution in [3.8, 4) is 17.3 Å². The van der Waals surface area contributed by atoms with E-state index in [2.05, 4.69) is 41.9 Å². The van der Waals surface area contributed by atoms with E-state index in [0.717, 1.165) is 56.2 Å². The summed E-state index contributed by atoms with van der Waals surface area (Å²) in [5, 5.41) is 4.14. The van der Waals surface area contributed by atoms with Crippen LogP contribution in [0.3, 0.4) is 0 Å². The molecule has 0 radical (unpaired) electrons. The fraction of sp³-hybridized carbons (Fsp3) is 0.440. The van der Waals surface area contributed by atoms with Crippen LogP contribution in [0.1, 0.15) is 18.5 Å². The highest BCUT2D eigenvalue weighted by atomic mass is 16.6. The van der Waals surface area contributed by atoms with Gasteiger partial charge < -0.3 is 14.4 Å². The first-order chi connectivity index (χ1) is 18.1. The number of pyridine rings is 2. The average Bonchev–Trinajstić information content (AvgIpc) is 3.48. The number of nitrogens with zero attached hydrogens (tertiary/aromatic N) is 9. The number of likely N-dealkylation sites (tertiary alicyclic amines) is 1. The van der Waals surface area contributed by atoms with E-state index < -0.39 is 0 Å². The minimum atomic E-state index is -0.155. The minimum absolute atomic E-state index is 0.155. The van der Waals surface area contributed by atoms with Crippen LogP contribution in [-0.2, 0) is 13.1 Å². The second-order valence-corrected chi connectivity index (χ2v) is 9.41. The van der Waals surface area contributed by atoms with Crippen LogP contribution in [0.2, 0.25) is 0 Å². The highest BCUT2D eigenvalue weighted by Crippen LogP contribution is 2.30. The van der Waals surface area contributed by atoms with Gasteiger partial charge in [0.2, 0.25) is 0 Å². The van der Waals surface area contributed by atoms with Gasteiger partial charge in [0.1, 0.15) is 31.4 Å². The molecule has 0 aromatic carbocycles. The molecular formula is C25H29N9O3. The molecule has 1 saturated heterocycles. The van der Waals surface area contributed by atoms with Crippen LogP contribution in [-0.4, -0.2) is 90.0 Å². The van der Waals surface area contributed by atoms with Crippen LogP contribution in [0.5, 0.6) is 11.5 Å². The summed E-state index contributed by atoms with van der Waals surface area (Å²) in [7, 11) is 2.15. The summed E-state index contributed by atoms with van der Waals surface area (Å²) in [5.74, 6) is 2.10. The van der Waals surface area contributed by atoms with E-state index in [1.165, 1.54) is 12.5 Å². The predicted octanol–water partition coefficient (Wildman–Crippen LogP) is 1.13. The smallest absolute Gasteiger partial charge is 0.270 e. The van der Waals surface area contributed by atoms with Crippen LogP contribution in [0.4, 0.5) is 0 Å². The summed E-state index contributed by atoms with van der Waals surface area (Å²) in [6, 6.07) is 6.13. The van der Waals surface area contributed by atoms with Crippen molar-refractivity contribution in [3.05, 3.63) is 59.3 Å². The third kappa shape index (κ3) is 5.02. The summed E-state index contributed by atoms with van der Waals surface area (Å²) < 4.78 is 14.6. The number of fused-ring (bicyclic) bond motifs is 2. The molecule has 0 amide bonds. The molecule has 0 spiro atoms. The van der Waals surface area contributed by atoms with Crippen LogP contribution in [0, 0.1) is 0 Å². The van der Waals surface area contributed by atoms with Gasteiger partial charge in [-0.3, -0.25) is 19.2 Å². The van der Waals surface area contributed by atoms with Crippen LogP contribution in [0.15, 0.2) is 48.0 Å². The van der Waals surface area contributed by atoms with Crippen molar-refractivity contribution in [2.45, 2.75) is 32.0 Å². The maximum atomic E-state index is 12.7. The maximum Gasteiger partial charge on any atom is 0.270 e. The zero-order chi connectivity index (χ0) is 25.2. The summed E-state index contributed by atoms with van der Waals surface area (Å²) in [4.78, 5) is 34.9. The van der Waals surface area contributed by atoms with Crippen molar-refractivity contribution in [2.75, 3.05) is 39.9 Å². The van der Waals surface area contributed by atoms with Gasteiger partial charge in [-0.1, -0.05) is 0 Å². The second-order valence-electron chi connectivity index (χ2n) is 9.41. The van der Waals surface area contributed by atoms with Gasteiger partial charge in [-0.05, 0) is 45.1 Å². The monoisotopic (exact) mass is 503 g/mol. The molecule has 192 valence electrons. The van der Waals surface area contributed by atoms with E-state index in [-0.39, 0.29) is 5.56 Å². The molecule has 0 N–H and O–H groups in total. The lowest BCUT2D eigenvalue weighted by Gasteiger charge is -2.36. The van der Waals surface area contributed by atoms with Crippen molar-refractivity contribution in [2.24, 2.45) is 0 Å². The summed E-state index contributed by atoms with van der Waals surface area (Å²) in [5.41, 5.74) is 2.06. The van der Waals surface area contributed by atoms with Crippen LogP contribution < -0.4 is 15.0 Å². The summed E-state index contributed by atoms with van der Waals surface area (Å²) in [6.45, 7) is 5.17. The fourth-order valence-electron chi connectivity index (χ4n) is 4.99. The third-order valence-electron chi connectivity index (χ3n) is 7.05. The number of piperidine rings is 1. The topological polar surface area (TPSA) is 116 Å². The largest absolute Gasteiger partial charge is 0.486 e. The van der Waals surface area contributed by atoms with Crippen LogP contribution >= 0.6 is 0 Å². The molecule has 37 heavy (non-hydrogen) atoms. The first-order valence-electron chi connectivity index (χ1n) is 12.5. The Morgan fingerprint density at radius 2 is 1.89 bits per heavy atom. The summed E-state index contributed by atoms with van der Waals surface area (Å²) in [6.07, 6.45) is 8.28. The molecule has 6 heterocycles. The lowest BCUT2D eigenvalue weighted by Crippen LogP contribution is -2.44. The van der Waals surface area contributed by atoms with E-state index >= 15 is 0 Å². The Morgan fingerprint density at radius 3 is 2.70 bits per heavy atom. The minimum Gasteiger partial charge on any atom is -0.486 e. The molecule has 4 aromatic heterocycles. The van der Waals surface area contributed by atoms with Gasteiger partial charge >= 0.3 is 0 Å². The molecule has 6 rings (SSSR count). The lowest BCUT2D eigenvalue weighted by atomic mass is 10.0. The van der Waals surface area contributed by atoms with Gasteiger partial charge in [-0.15, -0.1) is 0 Å². The second kappa shape index (κ2) is 10.2. The molecule has 0 bridgehead atoms. The van der Waals surface area contributed by atoms with Crippen molar-refractivity contribution in [1.82, 2.24) is 44.1 Å². The van der Waals surface area contributed by atoms with Crippen molar-refractivity contribution >= 4 is 11.2 Å². The Morgan fingerprint density at radius 1 is 1.05 bits per heavy atom. The van der Waals surface area contributed by atoms with Crippen molar-refractivity contribution in [1.29, 1.82) is 0 Å². The molecule has 1 fully saturated rings. The average molecular weight is 504 g/mol. The van der Waals surface area contributed by atoms with Crippen molar-refractivity contribution < 1.29 is 9.47 Å². The summed E-state index contributed by atoms with van der Waals surface area (Å²) >= 11 is 0. The zero-order valence-corrected chi connectivity index (χ0v) is 20.7. The molecule has 2 aliphatic rings. The molecule has 0 atom stereocenters.